The van der Waals surface area contributed by atoms with Gasteiger partial charge in [-0.1, -0.05) is 43.3 Å². The molecule has 2 aromatic carbocycles. The van der Waals surface area contributed by atoms with Crippen LogP contribution >= 0.6 is 0 Å². The lowest BCUT2D eigenvalue weighted by Gasteiger charge is -2.23. The summed E-state index contributed by atoms with van der Waals surface area (Å²) in [6.07, 6.45) is 4.48. The lowest BCUT2D eigenvalue weighted by atomic mass is 10.1. The number of aromatic nitrogens is 1. The van der Waals surface area contributed by atoms with Crippen LogP contribution in [0, 0.1) is 0 Å². The molecular weight excluding hydrogens is 324 g/mol. The summed E-state index contributed by atoms with van der Waals surface area (Å²) in [5.41, 5.74) is 2.05. The molecule has 0 radical (unpaired) electrons. The average molecular weight is 348 g/mol. The van der Waals surface area contributed by atoms with Crippen molar-refractivity contribution in [2.75, 3.05) is 6.54 Å². The summed E-state index contributed by atoms with van der Waals surface area (Å²) in [6, 6.07) is 19.3. The molecule has 4 nitrogen and oxygen atoms in total. The van der Waals surface area contributed by atoms with Gasteiger partial charge in [-0.25, -0.2) is 0 Å². The fourth-order valence-electron chi connectivity index (χ4n) is 2.93. The number of para-hydroxylation sites is 2. The molecule has 1 aromatic heterocycles. The van der Waals surface area contributed by atoms with Crippen molar-refractivity contribution in [3.63, 3.8) is 0 Å². The fraction of sp³-hybridized carbons (Fsp3) is 0.227. The second kappa shape index (κ2) is 9.02. The number of nitrogens with zero attached hydrogens (tertiary/aromatic N) is 2. The van der Waals surface area contributed by atoms with E-state index in [0.29, 0.717) is 12.3 Å². The first-order valence-corrected chi connectivity index (χ1v) is 8.91. The third kappa shape index (κ3) is 4.83. The largest absolute Gasteiger partial charge is 0.508 e. The van der Waals surface area contributed by atoms with Crippen molar-refractivity contribution < 1.29 is 9.84 Å². The normalized spacial score (nSPS) is 10.8. The molecule has 1 N–H and O–H groups in total. The van der Waals surface area contributed by atoms with Crippen LogP contribution < -0.4 is 4.74 Å². The Morgan fingerprint density at radius 3 is 2.38 bits per heavy atom. The van der Waals surface area contributed by atoms with Crippen LogP contribution in [0.3, 0.4) is 0 Å². The Hall–Kier alpha value is -2.85. The predicted molar refractivity (Wildman–Crippen MR) is 103 cm³/mol. The second-order valence-corrected chi connectivity index (χ2v) is 6.24. The van der Waals surface area contributed by atoms with Crippen LogP contribution in [0.4, 0.5) is 0 Å². The molecule has 4 heteroatoms. The average Bonchev–Trinajstić information content (AvgIpc) is 2.66. The minimum Gasteiger partial charge on any atom is -0.508 e. The van der Waals surface area contributed by atoms with Crippen molar-refractivity contribution in [2.45, 2.75) is 26.4 Å². The van der Waals surface area contributed by atoms with Gasteiger partial charge >= 0.3 is 0 Å². The lowest BCUT2D eigenvalue weighted by molar-refractivity contribution is 0.251. The van der Waals surface area contributed by atoms with E-state index in [2.05, 4.69) is 22.9 Å². The number of benzene rings is 2. The topological polar surface area (TPSA) is 45.6 Å². The molecule has 0 aliphatic heterocycles. The number of phenols is 1. The smallest absolute Gasteiger partial charge is 0.145 e. The molecular formula is C22H24N2O2. The van der Waals surface area contributed by atoms with E-state index in [1.165, 1.54) is 0 Å². The number of rotatable bonds is 8. The molecule has 3 aromatic rings. The van der Waals surface area contributed by atoms with E-state index in [0.717, 1.165) is 42.1 Å². The summed E-state index contributed by atoms with van der Waals surface area (Å²) >= 11 is 0. The number of hydrogen-bond acceptors (Lipinski definition) is 4. The molecule has 134 valence electrons. The number of hydrogen-bond donors (Lipinski definition) is 1. The van der Waals surface area contributed by atoms with Crippen LogP contribution in [-0.2, 0) is 13.1 Å². The van der Waals surface area contributed by atoms with Crippen LogP contribution in [0.1, 0.15) is 24.5 Å². The zero-order valence-electron chi connectivity index (χ0n) is 15.0. The first kappa shape index (κ1) is 18.0. The van der Waals surface area contributed by atoms with E-state index in [1.807, 2.05) is 48.5 Å². The van der Waals surface area contributed by atoms with Crippen molar-refractivity contribution in [2.24, 2.45) is 0 Å². The predicted octanol–water partition coefficient (Wildman–Crippen LogP) is 4.99. The summed E-state index contributed by atoms with van der Waals surface area (Å²) in [4.78, 5) is 6.42. The summed E-state index contributed by atoms with van der Waals surface area (Å²) in [5, 5.41) is 10.1. The SMILES string of the molecule is CCCN(Cc1ccccc1O)Cc1ccccc1Oc1cccnc1. The van der Waals surface area contributed by atoms with Crippen molar-refractivity contribution in [1.82, 2.24) is 9.88 Å². The maximum absolute atomic E-state index is 10.1. The number of pyridine rings is 1. The van der Waals surface area contributed by atoms with Gasteiger partial charge < -0.3 is 9.84 Å². The van der Waals surface area contributed by atoms with Crippen LogP contribution in [0.25, 0.3) is 0 Å². The molecule has 0 spiro atoms. The Morgan fingerprint density at radius 2 is 1.65 bits per heavy atom. The monoisotopic (exact) mass is 348 g/mol. The van der Waals surface area contributed by atoms with Crippen molar-refractivity contribution >= 4 is 0 Å². The van der Waals surface area contributed by atoms with Gasteiger partial charge in [0.2, 0.25) is 0 Å². The van der Waals surface area contributed by atoms with E-state index in [9.17, 15) is 5.11 Å². The van der Waals surface area contributed by atoms with Crippen molar-refractivity contribution in [3.8, 4) is 17.2 Å². The van der Waals surface area contributed by atoms with E-state index >= 15 is 0 Å². The Balaban J connectivity index is 1.78. The first-order valence-electron chi connectivity index (χ1n) is 8.91. The van der Waals surface area contributed by atoms with Gasteiger partial charge in [0.05, 0.1) is 6.20 Å². The van der Waals surface area contributed by atoms with Gasteiger partial charge in [0, 0.05) is 30.4 Å². The van der Waals surface area contributed by atoms with Gasteiger partial charge in [-0.05, 0) is 37.2 Å². The molecule has 0 aliphatic carbocycles. The number of phenolic OH excluding ortho intramolecular Hbond substituents is 1. The highest BCUT2D eigenvalue weighted by Gasteiger charge is 2.12. The van der Waals surface area contributed by atoms with E-state index in [1.54, 1.807) is 18.5 Å². The van der Waals surface area contributed by atoms with E-state index in [4.69, 9.17) is 4.74 Å². The van der Waals surface area contributed by atoms with E-state index < -0.39 is 0 Å². The van der Waals surface area contributed by atoms with Crippen LogP contribution in [0.2, 0.25) is 0 Å². The summed E-state index contributed by atoms with van der Waals surface area (Å²) in [5.74, 6) is 1.90. The molecule has 0 atom stereocenters. The van der Waals surface area contributed by atoms with Gasteiger partial charge in [-0.2, -0.15) is 0 Å². The third-order valence-electron chi connectivity index (χ3n) is 4.15. The summed E-state index contributed by atoms with van der Waals surface area (Å²) in [7, 11) is 0. The maximum Gasteiger partial charge on any atom is 0.145 e. The molecule has 3 rings (SSSR count). The van der Waals surface area contributed by atoms with E-state index in [-0.39, 0.29) is 0 Å². The molecule has 0 bridgehead atoms. The fourth-order valence-corrected chi connectivity index (χ4v) is 2.93. The van der Waals surface area contributed by atoms with Crippen LogP contribution in [-0.4, -0.2) is 21.5 Å². The molecule has 0 saturated carbocycles. The summed E-state index contributed by atoms with van der Waals surface area (Å²) in [6.45, 7) is 4.55. The molecule has 0 fully saturated rings. The maximum atomic E-state index is 10.1. The van der Waals surface area contributed by atoms with Crippen molar-refractivity contribution in [3.05, 3.63) is 84.2 Å². The molecule has 0 unspecified atom stereocenters. The third-order valence-corrected chi connectivity index (χ3v) is 4.15. The molecule has 26 heavy (non-hydrogen) atoms. The molecule has 1 heterocycles. The van der Waals surface area contributed by atoms with Gasteiger partial charge in [0.15, 0.2) is 0 Å². The highest BCUT2D eigenvalue weighted by molar-refractivity contribution is 5.37. The van der Waals surface area contributed by atoms with Crippen LogP contribution in [0.5, 0.6) is 17.2 Å². The Kier molecular flexibility index (Phi) is 6.23. The quantitative estimate of drug-likeness (QED) is 0.623. The Labute approximate surface area is 154 Å². The minimum atomic E-state index is 0.341. The molecule has 0 saturated heterocycles. The van der Waals surface area contributed by atoms with Crippen LogP contribution in [0.15, 0.2) is 73.1 Å². The number of ether oxygens (including phenoxy) is 1. The zero-order valence-corrected chi connectivity index (χ0v) is 15.0. The lowest BCUT2D eigenvalue weighted by Crippen LogP contribution is -2.24. The van der Waals surface area contributed by atoms with Gasteiger partial charge in [-0.15, -0.1) is 0 Å². The molecule has 0 amide bonds. The zero-order chi connectivity index (χ0) is 18.2. The minimum absolute atomic E-state index is 0.341. The van der Waals surface area contributed by atoms with Gasteiger partial charge in [-0.3, -0.25) is 9.88 Å². The second-order valence-electron chi connectivity index (χ2n) is 6.24. The van der Waals surface area contributed by atoms with Gasteiger partial charge in [0.25, 0.3) is 0 Å². The Bertz CT molecular complexity index is 821. The summed E-state index contributed by atoms with van der Waals surface area (Å²) < 4.78 is 6.02. The van der Waals surface area contributed by atoms with Gasteiger partial charge in [0.1, 0.15) is 17.2 Å². The highest BCUT2D eigenvalue weighted by atomic mass is 16.5. The first-order chi connectivity index (χ1) is 12.8. The van der Waals surface area contributed by atoms with Crippen molar-refractivity contribution in [1.29, 1.82) is 0 Å². The standard InChI is InChI=1S/C22H24N2O2/c1-2-14-24(16-18-8-3-5-11-21(18)25)17-19-9-4-6-12-22(19)26-20-10-7-13-23-15-20/h3-13,15,25H,2,14,16-17H2,1H3. The molecule has 0 aliphatic rings. The number of aromatic hydroxyl groups is 1. The Morgan fingerprint density at radius 1 is 0.923 bits per heavy atom. The highest BCUT2D eigenvalue weighted by Crippen LogP contribution is 2.27.